The number of fused-ring (bicyclic) bond motifs is 1. The van der Waals surface area contributed by atoms with Crippen LogP contribution in [0, 0.1) is 0 Å². The van der Waals surface area contributed by atoms with Crippen LogP contribution in [0.25, 0.3) is 11.0 Å². The largest absolute Gasteiger partial charge is 0.382 e. The molecular formula is C10H14ClN5. The first kappa shape index (κ1) is 12.4. The van der Waals surface area contributed by atoms with E-state index in [1.807, 2.05) is 0 Å². The first-order chi connectivity index (χ1) is 7.58. The molecule has 16 heavy (non-hydrogen) atoms. The lowest BCUT2D eigenvalue weighted by Gasteiger charge is -2.00. The van der Waals surface area contributed by atoms with Crippen molar-refractivity contribution in [2.75, 3.05) is 11.5 Å². The molecule has 86 valence electrons. The summed E-state index contributed by atoms with van der Waals surface area (Å²) in [5.41, 5.74) is 12.0. The molecule has 0 bridgehead atoms. The Bertz CT molecular complexity index is 481. The summed E-state index contributed by atoms with van der Waals surface area (Å²) in [7, 11) is 0. The first-order valence-electron chi connectivity index (χ1n) is 4.92. The van der Waals surface area contributed by atoms with E-state index < -0.39 is 0 Å². The molecule has 2 aromatic heterocycles. The molecule has 0 unspecified atom stereocenters. The van der Waals surface area contributed by atoms with Crippen LogP contribution in [-0.2, 0) is 0 Å². The van der Waals surface area contributed by atoms with Crippen molar-refractivity contribution in [3.8, 4) is 0 Å². The molecule has 2 aromatic rings. The summed E-state index contributed by atoms with van der Waals surface area (Å²) in [6.07, 6.45) is 2.74. The van der Waals surface area contributed by atoms with Crippen LogP contribution in [0.5, 0.6) is 0 Å². The molecule has 0 spiro atoms. The number of anilines is 2. The SMILES string of the molecule is CCC.Nc1nc(N)c2ncc(Cl)cc2n1. The minimum absolute atomic E-state index is 0.120. The zero-order chi connectivity index (χ0) is 12.1. The molecule has 6 heteroatoms. The van der Waals surface area contributed by atoms with Crippen molar-refractivity contribution < 1.29 is 0 Å². The molecule has 0 amide bonds. The summed E-state index contributed by atoms with van der Waals surface area (Å²) in [6.45, 7) is 4.25. The van der Waals surface area contributed by atoms with Crippen molar-refractivity contribution in [3.63, 3.8) is 0 Å². The molecule has 0 atom stereocenters. The van der Waals surface area contributed by atoms with Gasteiger partial charge in [-0.1, -0.05) is 31.9 Å². The van der Waals surface area contributed by atoms with Gasteiger partial charge in [-0.05, 0) is 6.07 Å². The number of hydrogen-bond acceptors (Lipinski definition) is 5. The summed E-state index contributed by atoms with van der Waals surface area (Å²) in [5, 5.41) is 0.491. The van der Waals surface area contributed by atoms with Crippen LogP contribution in [0.2, 0.25) is 5.02 Å². The van der Waals surface area contributed by atoms with Crippen molar-refractivity contribution >= 4 is 34.4 Å². The van der Waals surface area contributed by atoms with E-state index in [1.165, 1.54) is 12.6 Å². The van der Waals surface area contributed by atoms with Gasteiger partial charge in [-0.15, -0.1) is 0 Å². The molecule has 0 aliphatic rings. The van der Waals surface area contributed by atoms with Crippen molar-refractivity contribution in [2.45, 2.75) is 20.3 Å². The van der Waals surface area contributed by atoms with Gasteiger partial charge in [0, 0.05) is 6.20 Å². The lowest BCUT2D eigenvalue weighted by Crippen LogP contribution is -2.01. The summed E-state index contributed by atoms with van der Waals surface area (Å²) in [6, 6.07) is 1.64. The first-order valence-corrected chi connectivity index (χ1v) is 5.30. The predicted octanol–water partition coefficient (Wildman–Crippen LogP) is 2.26. The molecule has 0 aliphatic heterocycles. The second-order valence-electron chi connectivity index (χ2n) is 3.20. The van der Waals surface area contributed by atoms with Crippen LogP contribution >= 0.6 is 11.6 Å². The van der Waals surface area contributed by atoms with E-state index in [0.29, 0.717) is 16.1 Å². The fourth-order valence-electron chi connectivity index (χ4n) is 1.04. The number of nitrogens with two attached hydrogens (primary N) is 2. The molecule has 5 nitrogen and oxygen atoms in total. The Morgan fingerprint density at radius 2 is 1.88 bits per heavy atom. The number of aromatic nitrogens is 3. The zero-order valence-electron chi connectivity index (χ0n) is 9.24. The predicted molar refractivity (Wildman–Crippen MR) is 67.1 cm³/mol. The maximum atomic E-state index is 5.72. The number of pyridine rings is 1. The lowest BCUT2D eigenvalue weighted by atomic mass is 10.3. The Labute approximate surface area is 98.9 Å². The normalized spacial score (nSPS) is 9.69. The molecule has 0 saturated heterocycles. The third-order valence-electron chi connectivity index (χ3n) is 1.55. The highest BCUT2D eigenvalue weighted by Crippen LogP contribution is 2.18. The summed E-state index contributed by atoms with van der Waals surface area (Å²) < 4.78 is 0. The van der Waals surface area contributed by atoms with Crippen LogP contribution in [0.4, 0.5) is 11.8 Å². The Morgan fingerprint density at radius 3 is 2.50 bits per heavy atom. The van der Waals surface area contributed by atoms with Gasteiger partial charge in [0.1, 0.15) is 5.52 Å². The third-order valence-corrected chi connectivity index (χ3v) is 1.75. The monoisotopic (exact) mass is 239 g/mol. The summed E-state index contributed by atoms with van der Waals surface area (Å²) in [5.74, 6) is 0.383. The van der Waals surface area contributed by atoms with Gasteiger partial charge in [-0.25, -0.2) is 9.97 Å². The standard InChI is InChI=1S/C7H6ClN5.C3H8/c8-3-1-4-5(11-2-3)6(9)13-7(10)12-4;1-3-2/h1-2H,(H4,9,10,12,13);3H2,1-2H3. The molecule has 0 saturated carbocycles. The fraction of sp³-hybridized carbons (Fsp3) is 0.300. The fourth-order valence-corrected chi connectivity index (χ4v) is 1.19. The maximum absolute atomic E-state index is 5.72. The highest BCUT2D eigenvalue weighted by atomic mass is 35.5. The average Bonchev–Trinajstić information content (AvgIpc) is 2.17. The van der Waals surface area contributed by atoms with Crippen LogP contribution in [0.15, 0.2) is 12.3 Å². The molecule has 0 aliphatic carbocycles. The Morgan fingerprint density at radius 1 is 1.25 bits per heavy atom. The van der Waals surface area contributed by atoms with Gasteiger partial charge in [-0.3, -0.25) is 0 Å². The highest BCUT2D eigenvalue weighted by molar-refractivity contribution is 6.31. The zero-order valence-corrected chi connectivity index (χ0v) is 9.99. The molecule has 4 N–H and O–H groups in total. The van der Waals surface area contributed by atoms with E-state index >= 15 is 0 Å². The molecule has 0 fully saturated rings. The van der Waals surface area contributed by atoms with Gasteiger partial charge in [-0.2, -0.15) is 4.98 Å². The smallest absolute Gasteiger partial charge is 0.222 e. The molecule has 0 radical (unpaired) electrons. The van der Waals surface area contributed by atoms with Crippen molar-refractivity contribution in [1.82, 2.24) is 15.0 Å². The highest BCUT2D eigenvalue weighted by Gasteiger charge is 2.04. The molecular weight excluding hydrogens is 226 g/mol. The molecule has 2 heterocycles. The van der Waals surface area contributed by atoms with Crippen molar-refractivity contribution in [3.05, 3.63) is 17.3 Å². The minimum atomic E-state index is 0.120. The topological polar surface area (TPSA) is 90.7 Å². The lowest BCUT2D eigenvalue weighted by molar-refractivity contribution is 1.09. The van der Waals surface area contributed by atoms with Crippen LogP contribution in [0.3, 0.4) is 0 Å². The van der Waals surface area contributed by atoms with E-state index in [0.717, 1.165) is 0 Å². The Hall–Kier alpha value is -1.62. The summed E-state index contributed by atoms with van der Waals surface area (Å²) in [4.78, 5) is 11.7. The molecule has 0 aromatic carbocycles. The van der Waals surface area contributed by atoms with Crippen LogP contribution in [-0.4, -0.2) is 15.0 Å². The minimum Gasteiger partial charge on any atom is -0.382 e. The van der Waals surface area contributed by atoms with E-state index in [2.05, 4.69) is 28.8 Å². The number of rotatable bonds is 0. The van der Waals surface area contributed by atoms with Crippen molar-refractivity contribution in [2.24, 2.45) is 0 Å². The second-order valence-corrected chi connectivity index (χ2v) is 3.63. The van der Waals surface area contributed by atoms with E-state index in [-0.39, 0.29) is 11.8 Å². The maximum Gasteiger partial charge on any atom is 0.222 e. The van der Waals surface area contributed by atoms with Crippen LogP contribution in [0.1, 0.15) is 20.3 Å². The van der Waals surface area contributed by atoms with Gasteiger partial charge >= 0.3 is 0 Å². The van der Waals surface area contributed by atoms with Gasteiger partial charge in [0.05, 0.1) is 10.5 Å². The average molecular weight is 240 g/mol. The van der Waals surface area contributed by atoms with Gasteiger partial charge in [0.2, 0.25) is 5.95 Å². The van der Waals surface area contributed by atoms with E-state index in [4.69, 9.17) is 23.1 Å². The summed E-state index contributed by atoms with van der Waals surface area (Å²) >= 11 is 5.72. The molecule has 2 rings (SSSR count). The van der Waals surface area contributed by atoms with Gasteiger partial charge in [0.15, 0.2) is 5.82 Å². The quantitative estimate of drug-likeness (QED) is 0.736. The number of nitrogen functional groups attached to an aromatic ring is 2. The van der Waals surface area contributed by atoms with Crippen molar-refractivity contribution in [1.29, 1.82) is 0 Å². The second kappa shape index (κ2) is 5.46. The number of hydrogen-bond donors (Lipinski definition) is 2. The number of halogens is 1. The Balaban J connectivity index is 0.000000386. The van der Waals surface area contributed by atoms with Crippen LogP contribution < -0.4 is 11.5 Å². The number of nitrogens with zero attached hydrogens (tertiary/aromatic N) is 3. The van der Waals surface area contributed by atoms with E-state index in [9.17, 15) is 0 Å². The van der Waals surface area contributed by atoms with E-state index in [1.54, 1.807) is 6.07 Å². The van der Waals surface area contributed by atoms with Gasteiger partial charge < -0.3 is 11.5 Å². The third kappa shape index (κ3) is 2.93. The Kier molecular flexibility index (Phi) is 4.25. The van der Waals surface area contributed by atoms with Gasteiger partial charge in [0.25, 0.3) is 0 Å².